The summed E-state index contributed by atoms with van der Waals surface area (Å²) < 4.78 is 1.01. The Morgan fingerprint density at radius 2 is 2.03 bits per heavy atom. The van der Waals surface area contributed by atoms with Crippen molar-refractivity contribution >= 4 is 50.3 Å². The van der Waals surface area contributed by atoms with Crippen LogP contribution in [-0.2, 0) is 9.59 Å². The lowest BCUT2D eigenvalue weighted by Gasteiger charge is -2.23. The number of carbonyl (C=O) groups is 2. The number of thiazole rings is 1. The van der Waals surface area contributed by atoms with Gasteiger partial charge in [0.1, 0.15) is 6.04 Å². The summed E-state index contributed by atoms with van der Waals surface area (Å²) in [5.74, 6) is 0.0242. The van der Waals surface area contributed by atoms with Crippen molar-refractivity contribution in [3.63, 3.8) is 0 Å². The lowest BCUT2D eigenvalue weighted by atomic mass is 10.2. The molecule has 1 aliphatic rings. The standard InChI is InChI=1S/C21H18N4O2S2/c22-12-14-7-9-15(10-8-14)28-13-19(26)25-11-3-5-17(25)20(27)24-21-23-16-4-1-2-6-18(16)29-21/h1-2,4,6-10,17H,3,5,11,13H2,(H,23,24,27). The minimum atomic E-state index is -0.462. The van der Waals surface area contributed by atoms with Gasteiger partial charge in [0.2, 0.25) is 11.8 Å². The smallest absolute Gasteiger partial charge is 0.248 e. The molecule has 1 N–H and O–H groups in total. The van der Waals surface area contributed by atoms with Gasteiger partial charge in [0.05, 0.1) is 27.6 Å². The minimum absolute atomic E-state index is 0.0543. The number of rotatable bonds is 5. The number of likely N-dealkylation sites (tertiary alicyclic amines) is 1. The Morgan fingerprint density at radius 3 is 2.79 bits per heavy atom. The van der Waals surface area contributed by atoms with Crippen LogP contribution < -0.4 is 5.32 Å². The second-order valence-corrected chi connectivity index (χ2v) is 8.73. The first-order valence-electron chi connectivity index (χ1n) is 9.23. The Labute approximate surface area is 176 Å². The molecule has 1 fully saturated rings. The van der Waals surface area contributed by atoms with Crippen LogP contribution in [0, 0.1) is 11.3 Å². The monoisotopic (exact) mass is 422 g/mol. The third-order valence-electron chi connectivity index (χ3n) is 4.75. The summed E-state index contributed by atoms with van der Waals surface area (Å²) in [6.45, 7) is 0.588. The van der Waals surface area contributed by atoms with Crippen molar-refractivity contribution < 1.29 is 9.59 Å². The summed E-state index contributed by atoms with van der Waals surface area (Å²) in [6.07, 6.45) is 1.47. The van der Waals surface area contributed by atoms with E-state index in [0.29, 0.717) is 23.7 Å². The Kier molecular flexibility index (Phi) is 5.79. The molecule has 2 aromatic carbocycles. The molecule has 2 heterocycles. The Hall–Kier alpha value is -2.89. The molecule has 2 amide bonds. The van der Waals surface area contributed by atoms with Crippen molar-refractivity contribution in [2.45, 2.75) is 23.8 Å². The zero-order valence-corrected chi connectivity index (χ0v) is 17.1. The van der Waals surface area contributed by atoms with Crippen molar-refractivity contribution in [2.75, 3.05) is 17.6 Å². The normalized spacial score (nSPS) is 16.0. The lowest BCUT2D eigenvalue weighted by Crippen LogP contribution is -2.43. The summed E-state index contributed by atoms with van der Waals surface area (Å²) in [7, 11) is 0. The number of hydrogen-bond donors (Lipinski definition) is 1. The van der Waals surface area contributed by atoms with Crippen LogP contribution in [0.25, 0.3) is 10.2 Å². The van der Waals surface area contributed by atoms with E-state index in [4.69, 9.17) is 5.26 Å². The largest absolute Gasteiger partial charge is 0.330 e. The van der Waals surface area contributed by atoms with Gasteiger partial charge in [-0.15, -0.1) is 11.8 Å². The molecule has 6 nitrogen and oxygen atoms in total. The van der Waals surface area contributed by atoms with E-state index < -0.39 is 6.04 Å². The van der Waals surface area contributed by atoms with E-state index in [9.17, 15) is 9.59 Å². The van der Waals surface area contributed by atoms with E-state index in [1.807, 2.05) is 36.4 Å². The van der Waals surface area contributed by atoms with Gasteiger partial charge in [0, 0.05) is 11.4 Å². The van der Waals surface area contributed by atoms with Crippen molar-refractivity contribution in [3.8, 4) is 6.07 Å². The first-order valence-corrected chi connectivity index (χ1v) is 11.0. The number of thioether (sulfide) groups is 1. The maximum absolute atomic E-state index is 12.8. The summed E-state index contributed by atoms with van der Waals surface area (Å²) in [5, 5.41) is 12.3. The van der Waals surface area contributed by atoms with Gasteiger partial charge in [0.15, 0.2) is 5.13 Å². The van der Waals surface area contributed by atoms with Gasteiger partial charge in [-0.05, 0) is 49.2 Å². The van der Waals surface area contributed by atoms with Gasteiger partial charge in [-0.3, -0.25) is 9.59 Å². The molecule has 8 heteroatoms. The quantitative estimate of drug-likeness (QED) is 0.631. The number of para-hydroxylation sites is 1. The number of nitriles is 1. The lowest BCUT2D eigenvalue weighted by molar-refractivity contribution is -0.134. The number of carbonyl (C=O) groups excluding carboxylic acids is 2. The second-order valence-electron chi connectivity index (χ2n) is 6.65. The number of fused-ring (bicyclic) bond motifs is 1. The van der Waals surface area contributed by atoms with Crippen molar-refractivity contribution in [3.05, 3.63) is 54.1 Å². The van der Waals surface area contributed by atoms with Crippen molar-refractivity contribution in [2.24, 2.45) is 0 Å². The molecule has 0 saturated carbocycles. The number of amides is 2. The molecule has 0 bridgehead atoms. The molecule has 0 radical (unpaired) electrons. The fourth-order valence-electron chi connectivity index (χ4n) is 3.31. The van der Waals surface area contributed by atoms with Gasteiger partial charge in [-0.1, -0.05) is 23.5 Å². The van der Waals surface area contributed by atoms with Gasteiger partial charge in [-0.2, -0.15) is 5.26 Å². The molecule has 4 rings (SSSR count). The van der Waals surface area contributed by atoms with Crippen molar-refractivity contribution in [1.29, 1.82) is 5.26 Å². The Morgan fingerprint density at radius 1 is 1.24 bits per heavy atom. The number of benzene rings is 2. The van der Waals surface area contributed by atoms with E-state index >= 15 is 0 Å². The molecular weight excluding hydrogens is 404 g/mol. The van der Waals surface area contributed by atoms with E-state index in [0.717, 1.165) is 21.5 Å². The zero-order chi connectivity index (χ0) is 20.2. The van der Waals surface area contributed by atoms with Crippen LogP contribution in [0.5, 0.6) is 0 Å². The van der Waals surface area contributed by atoms with Crippen molar-refractivity contribution in [1.82, 2.24) is 9.88 Å². The predicted molar refractivity (Wildman–Crippen MR) is 115 cm³/mol. The van der Waals surface area contributed by atoms with Gasteiger partial charge < -0.3 is 10.2 Å². The number of nitrogens with one attached hydrogen (secondary N) is 1. The summed E-state index contributed by atoms with van der Waals surface area (Å²) in [4.78, 5) is 32.5. The van der Waals surface area contributed by atoms with Crippen LogP contribution in [0.3, 0.4) is 0 Å². The summed E-state index contributed by atoms with van der Waals surface area (Å²) in [5.41, 5.74) is 1.44. The van der Waals surface area contributed by atoms with Crippen LogP contribution >= 0.6 is 23.1 Å². The molecular formula is C21H18N4O2S2. The molecule has 1 saturated heterocycles. The predicted octanol–water partition coefficient (Wildman–Crippen LogP) is 3.89. The molecule has 1 unspecified atom stereocenters. The first-order chi connectivity index (χ1) is 14.1. The van der Waals surface area contributed by atoms with Crippen LogP contribution in [0.2, 0.25) is 0 Å². The van der Waals surface area contributed by atoms with Gasteiger partial charge in [-0.25, -0.2) is 4.98 Å². The van der Waals surface area contributed by atoms with Gasteiger partial charge >= 0.3 is 0 Å². The fraction of sp³-hybridized carbons (Fsp3) is 0.238. The highest BCUT2D eigenvalue weighted by atomic mass is 32.2. The highest BCUT2D eigenvalue weighted by Crippen LogP contribution is 2.27. The Balaban J connectivity index is 1.37. The topological polar surface area (TPSA) is 86.1 Å². The average molecular weight is 423 g/mol. The molecule has 0 aliphatic carbocycles. The number of aromatic nitrogens is 1. The molecule has 29 heavy (non-hydrogen) atoms. The van der Waals surface area contributed by atoms with E-state index in [1.54, 1.807) is 17.0 Å². The zero-order valence-electron chi connectivity index (χ0n) is 15.5. The average Bonchev–Trinajstić information content (AvgIpc) is 3.39. The molecule has 0 spiro atoms. The molecule has 3 aromatic rings. The highest BCUT2D eigenvalue weighted by Gasteiger charge is 2.34. The SMILES string of the molecule is N#Cc1ccc(SCC(=O)N2CCCC2C(=O)Nc2nc3ccccc3s2)cc1. The van der Waals surface area contributed by atoms with Crippen LogP contribution in [-0.4, -0.2) is 40.0 Å². The fourth-order valence-corrected chi connectivity index (χ4v) is 4.96. The maximum Gasteiger partial charge on any atom is 0.248 e. The first kappa shape index (κ1) is 19.4. The van der Waals surface area contributed by atoms with E-state index in [-0.39, 0.29) is 17.6 Å². The molecule has 1 atom stereocenters. The van der Waals surface area contributed by atoms with Crippen LogP contribution in [0.4, 0.5) is 5.13 Å². The number of hydrogen-bond acceptors (Lipinski definition) is 6. The third kappa shape index (κ3) is 4.42. The van der Waals surface area contributed by atoms with Gasteiger partial charge in [0.25, 0.3) is 0 Å². The van der Waals surface area contributed by atoms with Crippen LogP contribution in [0.15, 0.2) is 53.4 Å². The highest BCUT2D eigenvalue weighted by molar-refractivity contribution is 8.00. The second kappa shape index (κ2) is 8.64. The van der Waals surface area contributed by atoms with E-state index in [2.05, 4.69) is 16.4 Å². The van der Waals surface area contributed by atoms with E-state index in [1.165, 1.54) is 23.1 Å². The molecule has 1 aliphatic heterocycles. The Bertz CT molecular complexity index is 1060. The summed E-state index contributed by atoms with van der Waals surface area (Å²) in [6, 6.07) is 16.5. The summed E-state index contributed by atoms with van der Waals surface area (Å²) >= 11 is 2.84. The minimum Gasteiger partial charge on any atom is -0.330 e. The maximum atomic E-state index is 12.8. The molecule has 1 aromatic heterocycles. The molecule has 146 valence electrons. The number of anilines is 1. The third-order valence-corrected chi connectivity index (χ3v) is 6.69. The van der Waals surface area contributed by atoms with Crippen LogP contribution in [0.1, 0.15) is 18.4 Å². The number of nitrogens with zero attached hydrogens (tertiary/aromatic N) is 3.